The molecule has 0 bridgehead atoms. The minimum Gasteiger partial charge on any atom is -0.374 e. The van der Waals surface area contributed by atoms with Crippen LogP contribution < -0.4 is 10.6 Å². The number of para-hydroxylation sites is 1. The molecule has 2 N–H and O–H groups in total. The molecule has 0 heterocycles. The van der Waals surface area contributed by atoms with Crippen LogP contribution in [0.3, 0.4) is 0 Å². The minimum absolute atomic E-state index is 0.0619. The molecule has 4 nitrogen and oxygen atoms in total. The fourth-order valence-corrected chi connectivity index (χ4v) is 2.28. The van der Waals surface area contributed by atoms with Gasteiger partial charge in [-0.1, -0.05) is 30.3 Å². The van der Waals surface area contributed by atoms with Crippen molar-refractivity contribution in [2.24, 2.45) is 0 Å². The summed E-state index contributed by atoms with van der Waals surface area (Å²) in [5.74, 6) is -0.0619. The van der Waals surface area contributed by atoms with Crippen molar-refractivity contribution in [3.8, 4) is 0 Å². The second-order valence-corrected chi connectivity index (χ2v) is 6.23. The maximum atomic E-state index is 12.4. The third-order valence-electron chi connectivity index (χ3n) is 3.69. The number of benzene rings is 2. The molecule has 0 aliphatic heterocycles. The first-order chi connectivity index (χ1) is 11.5. The highest BCUT2D eigenvalue weighted by atomic mass is 16.5. The molecule has 1 atom stereocenters. The van der Waals surface area contributed by atoms with E-state index in [0.29, 0.717) is 6.61 Å². The molecule has 0 aromatic heterocycles. The highest BCUT2D eigenvalue weighted by molar-refractivity contribution is 5.96. The Morgan fingerprint density at radius 1 is 1.08 bits per heavy atom. The summed E-state index contributed by atoms with van der Waals surface area (Å²) in [5, 5.41) is 6.20. The van der Waals surface area contributed by atoms with Gasteiger partial charge in [-0.15, -0.1) is 0 Å². The summed E-state index contributed by atoms with van der Waals surface area (Å²) in [4.78, 5) is 12.4. The average molecular weight is 326 g/mol. The maximum Gasteiger partial charge on any atom is 0.246 e. The van der Waals surface area contributed by atoms with Crippen molar-refractivity contribution in [1.82, 2.24) is 0 Å². The van der Waals surface area contributed by atoms with Crippen molar-refractivity contribution in [1.29, 1.82) is 0 Å². The van der Waals surface area contributed by atoms with Gasteiger partial charge in [-0.25, -0.2) is 0 Å². The Labute approximate surface area is 144 Å². The predicted octanol–water partition coefficient (Wildman–Crippen LogP) is 4.36. The number of amides is 1. The van der Waals surface area contributed by atoms with Crippen LogP contribution in [0.15, 0.2) is 48.5 Å². The second kappa shape index (κ2) is 8.50. The number of nitrogens with one attached hydrogen (secondary N) is 2. The number of ether oxygens (including phenoxy) is 1. The second-order valence-electron chi connectivity index (χ2n) is 6.23. The van der Waals surface area contributed by atoms with Crippen LogP contribution in [-0.2, 0) is 16.1 Å². The van der Waals surface area contributed by atoms with Crippen LogP contribution in [0, 0.1) is 6.92 Å². The summed E-state index contributed by atoms with van der Waals surface area (Å²) in [6.07, 6.45) is 0.195. The third-order valence-corrected chi connectivity index (χ3v) is 3.69. The summed E-state index contributed by atoms with van der Waals surface area (Å²) in [5.41, 5.74) is 3.88. The number of carbonyl (C=O) groups is 1. The van der Waals surface area contributed by atoms with Gasteiger partial charge in [0.1, 0.15) is 6.04 Å². The van der Waals surface area contributed by atoms with E-state index in [9.17, 15) is 4.79 Å². The first-order valence-electron chi connectivity index (χ1n) is 8.29. The average Bonchev–Trinajstić information content (AvgIpc) is 2.55. The van der Waals surface area contributed by atoms with Gasteiger partial charge in [-0.3, -0.25) is 4.79 Å². The standard InChI is InChI=1S/C20H26N2O2/c1-14(2)24-13-17-9-7-10-18(12-17)21-16(4)20(23)22-19-11-6-5-8-15(19)3/h5-12,14,16,21H,13H2,1-4H3,(H,22,23)/t16-/m1/s1. The molecule has 0 spiro atoms. The smallest absolute Gasteiger partial charge is 0.246 e. The van der Waals surface area contributed by atoms with Crippen LogP contribution >= 0.6 is 0 Å². The lowest BCUT2D eigenvalue weighted by molar-refractivity contribution is -0.116. The van der Waals surface area contributed by atoms with E-state index in [0.717, 1.165) is 22.5 Å². The van der Waals surface area contributed by atoms with Crippen molar-refractivity contribution < 1.29 is 9.53 Å². The third kappa shape index (κ3) is 5.39. The molecule has 0 saturated heterocycles. The lowest BCUT2D eigenvalue weighted by Gasteiger charge is -2.17. The first-order valence-corrected chi connectivity index (χ1v) is 8.29. The molecule has 2 aromatic carbocycles. The quantitative estimate of drug-likeness (QED) is 0.795. The Balaban J connectivity index is 1.96. The van der Waals surface area contributed by atoms with Gasteiger partial charge in [0.25, 0.3) is 0 Å². The van der Waals surface area contributed by atoms with Crippen molar-refractivity contribution in [2.45, 2.75) is 46.4 Å². The van der Waals surface area contributed by atoms with Gasteiger partial charge in [0.2, 0.25) is 5.91 Å². The zero-order chi connectivity index (χ0) is 17.5. The fourth-order valence-electron chi connectivity index (χ4n) is 2.28. The summed E-state index contributed by atoms with van der Waals surface area (Å²) >= 11 is 0. The molecule has 0 unspecified atom stereocenters. The molecular formula is C20H26N2O2. The Morgan fingerprint density at radius 3 is 2.54 bits per heavy atom. The van der Waals surface area contributed by atoms with Gasteiger partial charge in [0.15, 0.2) is 0 Å². The van der Waals surface area contributed by atoms with Crippen LogP contribution in [0.2, 0.25) is 0 Å². The molecule has 0 saturated carbocycles. The van der Waals surface area contributed by atoms with E-state index in [2.05, 4.69) is 10.6 Å². The molecule has 0 aliphatic rings. The Kier molecular flexibility index (Phi) is 6.38. The van der Waals surface area contributed by atoms with Crippen LogP contribution in [-0.4, -0.2) is 18.1 Å². The number of carbonyl (C=O) groups excluding carboxylic acids is 1. The molecule has 0 fully saturated rings. The van der Waals surface area contributed by atoms with E-state index in [4.69, 9.17) is 4.74 Å². The van der Waals surface area contributed by atoms with E-state index in [1.165, 1.54) is 0 Å². The van der Waals surface area contributed by atoms with Crippen molar-refractivity contribution >= 4 is 17.3 Å². The lowest BCUT2D eigenvalue weighted by atomic mass is 10.1. The normalized spacial score (nSPS) is 12.0. The van der Waals surface area contributed by atoms with Crippen molar-refractivity contribution in [3.05, 3.63) is 59.7 Å². The molecule has 4 heteroatoms. The van der Waals surface area contributed by atoms with E-state index in [-0.39, 0.29) is 18.1 Å². The fraction of sp³-hybridized carbons (Fsp3) is 0.350. The Morgan fingerprint density at radius 2 is 1.83 bits per heavy atom. The number of hydrogen-bond donors (Lipinski definition) is 2. The van der Waals surface area contributed by atoms with Crippen molar-refractivity contribution in [3.63, 3.8) is 0 Å². The van der Waals surface area contributed by atoms with Gasteiger partial charge in [0.05, 0.1) is 12.7 Å². The largest absolute Gasteiger partial charge is 0.374 e. The van der Waals surface area contributed by atoms with Crippen LogP contribution in [0.25, 0.3) is 0 Å². The topological polar surface area (TPSA) is 50.4 Å². The Bertz CT molecular complexity index is 683. The molecule has 24 heavy (non-hydrogen) atoms. The molecular weight excluding hydrogens is 300 g/mol. The molecule has 2 rings (SSSR count). The van der Waals surface area contributed by atoms with E-state index in [1.54, 1.807) is 0 Å². The van der Waals surface area contributed by atoms with Crippen LogP contribution in [0.5, 0.6) is 0 Å². The highest BCUT2D eigenvalue weighted by Gasteiger charge is 2.13. The zero-order valence-electron chi connectivity index (χ0n) is 14.8. The molecule has 2 aromatic rings. The molecule has 128 valence electrons. The SMILES string of the molecule is Cc1ccccc1NC(=O)[C@@H](C)Nc1cccc(COC(C)C)c1. The summed E-state index contributed by atoms with van der Waals surface area (Å²) < 4.78 is 5.62. The van der Waals surface area contributed by atoms with Crippen LogP contribution in [0.4, 0.5) is 11.4 Å². The van der Waals surface area contributed by atoms with Gasteiger partial charge in [-0.05, 0) is 57.0 Å². The van der Waals surface area contributed by atoms with Gasteiger partial charge in [-0.2, -0.15) is 0 Å². The van der Waals surface area contributed by atoms with Crippen LogP contribution in [0.1, 0.15) is 31.9 Å². The number of hydrogen-bond acceptors (Lipinski definition) is 3. The minimum atomic E-state index is -0.342. The zero-order valence-corrected chi connectivity index (χ0v) is 14.8. The number of aryl methyl sites for hydroxylation is 1. The molecule has 1 amide bonds. The van der Waals surface area contributed by atoms with Gasteiger partial charge in [0, 0.05) is 11.4 Å². The number of rotatable bonds is 7. The van der Waals surface area contributed by atoms with E-state index >= 15 is 0 Å². The van der Waals surface area contributed by atoms with E-state index in [1.807, 2.05) is 76.2 Å². The monoisotopic (exact) mass is 326 g/mol. The van der Waals surface area contributed by atoms with Gasteiger partial charge >= 0.3 is 0 Å². The lowest BCUT2D eigenvalue weighted by Crippen LogP contribution is -2.32. The summed E-state index contributed by atoms with van der Waals surface area (Å²) in [6, 6.07) is 15.4. The van der Waals surface area contributed by atoms with Gasteiger partial charge < -0.3 is 15.4 Å². The van der Waals surface area contributed by atoms with Crippen molar-refractivity contribution in [2.75, 3.05) is 10.6 Å². The van der Waals surface area contributed by atoms with E-state index < -0.39 is 0 Å². The first kappa shape index (κ1) is 18.0. The molecule has 0 aliphatic carbocycles. The predicted molar refractivity (Wildman–Crippen MR) is 99.3 cm³/mol. The maximum absolute atomic E-state index is 12.4. The summed E-state index contributed by atoms with van der Waals surface area (Å²) in [6.45, 7) is 8.42. The molecule has 0 radical (unpaired) electrons. The highest BCUT2D eigenvalue weighted by Crippen LogP contribution is 2.16. The number of anilines is 2. The summed E-state index contributed by atoms with van der Waals surface area (Å²) in [7, 11) is 0. The Hall–Kier alpha value is -2.33.